The van der Waals surface area contributed by atoms with Gasteiger partial charge in [0.15, 0.2) is 0 Å². The summed E-state index contributed by atoms with van der Waals surface area (Å²) in [6.45, 7) is 7.83. The summed E-state index contributed by atoms with van der Waals surface area (Å²) in [5, 5.41) is 0. The van der Waals surface area contributed by atoms with Crippen molar-refractivity contribution in [2.24, 2.45) is 0 Å². The van der Waals surface area contributed by atoms with Crippen LogP contribution < -0.4 is 0 Å². The molecule has 0 aromatic heterocycles. The molecule has 1 aromatic rings. The molecule has 0 saturated carbocycles. The summed E-state index contributed by atoms with van der Waals surface area (Å²) in [4.78, 5) is 2.40. The molecule has 0 amide bonds. The summed E-state index contributed by atoms with van der Waals surface area (Å²) < 4.78 is 0. The standard InChI is InChI=1S/C12H17N/c1-9-5-6-10-8-13(4)12(2,3)11(10)7-9/h5-7H,8H2,1-4H3. The molecule has 0 bridgehead atoms. The third-order valence-electron chi connectivity index (χ3n) is 3.29. The number of fused-ring (bicyclic) bond motifs is 1. The van der Waals surface area contributed by atoms with Gasteiger partial charge >= 0.3 is 0 Å². The monoisotopic (exact) mass is 175 g/mol. The molecule has 0 spiro atoms. The minimum atomic E-state index is 0.210. The van der Waals surface area contributed by atoms with Gasteiger partial charge in [0.1, 0.15) is 0 Å². The number of hydrogen-bond acceptors (Lipinski definition) is 1. The van der Waals surface area contributed by atoms with E-state index in [1.165, 1.54) is 16.7 Å². The van der Waals surface area contributed by atoms with E-state index in [1.807, 2.05) is 0 Å². The van der Waals surface area contributed by atoms with Crippen LogP contribution in [-0.2, 0) is 12.1 Å². The fraction of sp³-hybridized carbons (Fsp3) is 0.500. The van der Waals surface area contributed by atoms with Gasteiger partial charge < -0.3 is 0 Å². The van der Waals surface area contributed by atoms with Gasteiger partial charge in [-0.1, -0.05) is 23.8 Å². The first kappa shape index (κ1) is 8.76. The van der Waals surface area contributed by atoms with Crippen molar-refractivity contribution in [3.63, 3.8) is 0 Å². The zero-order chi connectivity index (χ0) is 9.64. The van der Waals surface area contributed by atoms with Gasteiger partial charge in [-0.3, -0.25) is 4.90 Å². The molecule has 1 heterocycles. The zero-order valence-corrected chi connectivity index (χ0v) is 8.89. The highest BCUT2D eigenvalue weighted by atomic mass is 15.2. The summed E-state index contributed by atoms with van der Waals surface area (Å²) in [6, 6.07) is 6.78. The van der Waals surface area contributed by atoms with Crippen molar-refractivity contribution in [2.75, 3.05) is 7.05 Å². The van der Waals surface area contributed by atoms with Crippen LogP contribution in [0.2, 0.25) is 0 Å². The molecule has 1 nitrogen and oxygen atoms in total. The topological polar surface area (TPSA) is 3.24 Å². The van der Waals surface area contributed by atoms with Gasteiger partial charge in [0, 0.05) is 12.1 Å². The maximum absolute atomic E-state index is 2.40. The Morgan fingerprint density at radius 3 is 2.69 bits per heavy atom. The Morgan fingerprint density at radius 2 is 2.00 bits per heavy atom. The van der Waals surface area contributed by atoms with Crippen LogP contribution >= 0.6 is 0 Å². The molecule has 0 radical (unpaired) electrons. The minimum absolute atomic E-state index is 0.210. The first-order valence-corrected chi connectivity index (χ1v) is 4.83. The van der Waals surface area contributed by atoms with E-state index in [0.717, 1.165) is 6.54 Å². The van der Waals surface area contributed by atoms with Crippen molar-refractivity contribution >= 4 is 0 Å². The lowest BCUT2D eigenvalue weighted by atomic mass is 9.93. The molecule has 2 rings (SSSR count). The molecule has 1 heteroatoms. The number of benzene rings is 1. The Morgan fingerprint density at radius 1 is 1.31 bits per heavy atom. The zero-order valence-electron chi connectivity index (χ0n) is 8.89. The van der Waals surface area contributed by atoms with Crippen molar-refractivity contribution in [3.8, 4) is 0 Å². The van der Waals surface area contributed by atoms with Crippen LogP contribution in [0.1, 0.15) is 30.5 Å². The number of rotatable bonds is 0. The largest absolute Gasteiger partial charge is 0.293 e. The van der Waals surface area contributed by atoms with Crippen molar-refractivity contribution in [2.45, 2.75) is 32.9 Å². The summed E-state index contributed by atoms with van der Waals surface area (Å²) in [6.07, 6.45) is 0. The Hall–Kier alpha value is -0.820. The average molecular weight is 175 g/mol. The quantitative estimate of drug-likeness (QED) is 0.586. The van der Waals surface area contributed by atoms with E-state index in [4.69, 9.17) is 0 Å². The molecule has 0 saturated heterocycles. The molecule has 0 N–H and O–H groups in total. The predicted octanol–water partition coefficient (Wildman–Crippen LogP) is 2.68. The fourth-order valence-corrected chi connectivity index (χ4v) is 2.06. The van der Waals surface area contributed by atoms with Gasteiger partial charge in [0.05, 0.1) is 0 Å². The van der Waals surface area contributed by atoms with Gasteiger partial charge in [-0.25, -0.2) is 0 Å². The van der Waals surface area contributed by atoms with Crippen LogP contribution in [-0.4, -0.2) is 11.9 Å². The van der Waals surface area contributed by atoms with Gasteiger partial charge in [-0.15, -0.1) is 0 Å². The molecule has 0 aliphatic carbocycles. The van der Waals surface area contributed by atoms with E-state index in [9.17, 15) is 0 Å². The number of aryl methyl sites for hydroxylation is 1. The van der Waals surface area contributed by atoms with E-state index >= 15 is 0 Å². The molecule has 1 aromatic carbocycles. The van der Waals surface area contributed by atoms with Gasteiger partial charge in [0.2, 0.25) is 0 Å². The SMILES string of the molecule is Cc1ccc2c(c1)C(C)(C)N(C)C2. The second-order valence-electron chi connectivity index (χ2n) is 4.58. The molecule has 1 aliphatic heterocycles. The van der Waals surface area contributed by atoms with Crippen LogP contribution in [0.15, 0.2) is 18.2 Å². The van der Waals surface area contributed by atoms with Crippen LogP contribution in [0.5, 0.6) is 0 Å². The van der Waals surface area contributed by atoms with Crippen molar-refractivity contribution in [1.82, 2.24) is 4.90 Å². The molecule has 0 unspecified atom stereocenters. The van der Waals surface area contributed by atoms with Crippen molar-refractivity contribution in [1.29, 1.82) is 0 Å². The number of hydrogen-bond donors (Lipinski definition) is 0. The van der Waals surface area contributed by atoms with E-state index in [-0.39, 0.29) is 5.54 Å². The highest BCUT2D eigenvalue weighted by Gasteiger charge is 2.34. The smallest absolute Gasteiger partial charge is 0.0408 e. The van der Waals surface area contributed by atoms with Crippen molar-refractivity contribution in [3.05, 3.63) is 34.9 Å². The lowest BCUT2D eigenvalue weighted by Gasteiger charge is -2.28. The summed E-state index contributed by atoms with van der Waals surface area (Å²) >= 11 is 0. The van der Waals surface area contributed by atoms with Crippen LogP contribution in [0.4, 0.5) is 0 Å². The normalized spacial score (nSPS) is 20.3. The maximum atomic E-state index is 2.40. The average Bonchev–Trinajstić information content (AvgIpc) is 2.27. The minimum Gasteiger partial charge on any atom is -0.293 e. The molecular formula is C12H17N. The third kappa shape index (κ3) is 1.19. The predicted molar refractivity (Wildman–Crippen MR) is 55.7 cm³/mol. The summed E-state index contributed by atoms with van der Waals surface area (Å²) in [7, 11) is 2.19. The Bertz CT molecular complexity index is 339. The molecule has 13 heavy (non-hydrogen) atoms. The molecule has 70 valence electrons. The molecule has 1 aliphatic rings. The first-order valence-electron chi connectivity index (χ1n) is 4.83. The lowest BCUT2D eigenvalue weighted by molar-refractivity contribution is 0.178. The lowest BCUT2D eigenvalue weighted by Crippen LogP contribution is -2.31. The highest BCUT2D eigenvalue weighted by molar-refractivity contribution is 5.39. The maximum Gasteiger partial charge on any atom is 0.0408 e. The Kier molecular flexibility index (Phi) is 1.74. The van der Waals surface area contributed by atoms with Gasteiger partial charge in [-0.05, 0) is 38.9 Å². The second kappa shape index (κ2) is 2.58. The van der Waals surface area contributed by atoms with E-state index in [2.05, 4.69) is 50.9 Å². The molecule has 0 atom stereocenters. The van der Waals surface area contributed by atoms with Gasteiger partial charge in [-0.2, -0.15) is 0 Å². The highest BCUT2D eigenvalue weighted by Crippen LogP contribution is 2.37. The van der Waals surface area contributed by atoms with Crippen molar-refractivity contribution < 1.29 is 0 Å². The summed E-state index contributed by atoms with van der Waals surface area (Å²) in [5.41, 5.74) is 4.55. The van der Waals surface area contributed by atoms with E-state index < -0.39 is 0 Å². The first-order chi connectivity index (χ1) is 6.01. The Balaban J connectivity index is 2.57. The van der Waals surface area contributed by atoms with Crippen LogP contribution in [0, 0.1) is 6.92 Å². The number of nitrogens with zero attached hydrogens (tertiary/aromatic N) is 1. The fourth-order valence-electron chi connectivity index (χ4n) is 2.06. The third-order valence-corrected chi connectivity index (χ3v) is 3.29. The van der Waals surface area contributed by atoms with Crippen LogP contribution in [0.25, 0.3) is 0 Å². The van der Waals surface area contributed by atoms with Crippen LogP contribution in [0.3, 0.4) is 0 Å². The van der Waals surface area contributed by atoms with Gasteiger partial charge in [0.25, 0.3) is 0 Å². The molecule has 0 fully saturated rings. The molecular weight excluding hydrogens is 158 g/mol. The van der Waals surface area contributed by atoms with E-state index in [1.54, 1.807) is 0 Å². The summed E-state index contributed by atoms with van der Waals surface area (Å²) in [5.74, 6) is 0. The Labute approximate surface area is 80.4 Å². The van der Waals surface area contributed by atoms with E-state index in [0.29, 0.717) is 0 Å². The second-order valence-corrected chi connectivity index (χ2v) is 4.58.